The normalized spacial score (nSPS) is 10.9. The standard InChI is InChI=1S/C13H22ClN3/c1-10-8-12(15)11(14)9-13(10)16-6-4-5-7-17(2)3/h8-9,16H,4-7,15H2,1-3H3. The Hall–Kier alpha value is -0.930. The molecule has 0 aliphatic carbocycles. The van der Waals surface area contributed by atoms with Gasteiger partial charge in [0.1, 0.15) is 0 Å². The maximum absolute atomic E-state index is 6.00. The average Bonchev–Trinajstić information content (AvgIpc) is 2.24. The predicted molar refractivity (Wildman–Crippen MR) is 76.9 cm³/mol. The van der Waals surface area contributed by atoms with Crippen molar-refractivity contribution in [2.75, 3.05) is 38.2 Å². The van der Waals surface area contributed by atoms with Gasteiger partial charge in [-0.3, -0.25) is 0 Å². The van der Waals surface area contributed by atoms with E-state index < -0.39 is 0 Å². The van der Waals surface area contributed by atoms with Crippen molar-refractivity contribution >= 4 is 23.0 Å². The fourth-order valence-electron chi connectivity index (χ4n) is 1.67. The number of rotatable bonds is 6. The Kier molecular flexibility index (Phi) is 5.59. The summed E-state index contributed by atoms with van der Waals surface area (Å²) in [6.07, 6.45) is 2.35. The Morgan fingerprint density at radius 2 is 2.00 bits per heavy atom. The fourth-order valence-corrected chi connectivity index (χ4v) is 1.83. The average molecular weight is 256 g/mol. The molecule has 0 fully saturated rings. The first-order valence-corrected chi connectivity index (χ1v) is 6.32. The van der Waals surface area contributed by atoms with Gasteiger partial charge in [0.05, 0.1) is 10.7 Å². The maximum Gasteiger partial charge on any atom is 0.0656 e. The third kappa shape index (κ3) is 4.84. The molecule has 0 aliphatic rings. The van der Waals surface area contributed by atoms with E-state index >= 15 is 0 Å². The molecule has 0 heterocycles. The van der Waals surface area contributed by atoms with Crippen molar-refractivity contribution in [2.45, 2.75) is 19.8 Å². The minimum Gasteiger partial charge on any atom is -0.398 e. The highest BCUT2D eigenvalue weighted by atomic mass is 35.5. The highest BCUT2D eigenvalue weighted by molar-refractivity contribution is 6.33. The molecule has 1 aromatic carbocycles. The van der Waals surface area contributed by atoms with Crippen LogP contribution >= 0.6 is 11.6 Å². The summed E-state index contributed by atoms with van der Waals surface area (Å²) in [5.74, 6) is 0. The molecule has 0 aromatic heterocycles. The fraction of sp³-hybridized carbons (Fsp3) is 0.538. The van der Waals surface area contributed by atoms with Crippen LogP contribution in [-0.2, 0) is 0 Å². The van der Waals surface area contributed by atoms with Crippen LogP contribution in [0, 0.1) is 6.92 Å². The molecule has 0 radical (unpaired) electrons. The molecule has 0 atom stereocenters. The van der Waals surface area contributed by atoms with E-state index in [0.717, 1.165) is 30.8 Å². The van der Waals surface area contributed by atoms with Gasteiger partial charge < -0.3 is 16.0 Å². The molecule has 0 saturated carbocycles. The SMILES string of the molecule is Cc1cc(N)c(Cl)cc1NCCCCN(C)C. The molecule has 1 aromatic rings. The maximum atomic E-state index is 6.00. The van der Waals surface area contributed by atoms with Crippen molar-refractivity contribution in [1.82, 2.24) is 4.90 Å². The minimum atomic E-state index is 0.617. The minimum absolute atomic E-state index is 0.617. The smallest absolute Gasteiger partial charge is 0.0656 e. The van der Waals surface area contributed by atoms with E-state index in [9.17, 15) is 0 Å². The lowest BCUT2D eigenvalue weighted by molar-refractivity contribution is 0.396. The third-order valence-electron chi connectivity index (χ3n) is 2.69. The number of nitrogens with one attached hydrogen (secondary N) is 1. The molecular weight excluding hydrogens is 234 g/mol. The zero-order chi connectivity index (χ0) is 12.8. The number of hydrogen-bond donors (Lipinski definition) is 2. The molecule has 0 spiro atoms. The quantitative estimate of drug-likeness (QED) is 0.607. The van der Waals surface area contributed by atoms with E-state index in [1.54, 1.807) is 0 Å². The van der Waals surface area contributed by atoms with E-state index in [4.69, 9.17) is 17.3 Å². The second kappa shape index (κ2) is 6.72. The highest BCUT2D eigenvalue weighted by Crippen LogP contribution is 2.26. The molecule has 3 nitrogen and oxygen atoms in total. The van der Waals surface area contributed by atoms with E-state index in [-0.39, 0.29) is 0 Å². The van der Waals surface area contributed by atoms with Gasteiger partial charge in [-0.2, -0.15) is 0 Å². The van der Waals surface area contributed by atoms with Gasteiger partial charge in [-0.25, -0.2) is 0 Å². The van der Waals surface area contributed by atoms with E-state index in [1.807, 2.05) is 19.1 Å². The summed E-state index contributed by atoms with van der Waals surface area (Å²) in [6.45, 7) is 4.13. The van der Waals surface area contributed by atoms with Crippen molar-refractivity contribution < 1.29 is 0 Å². The van der Waals surface area contributed by atoms with Gasteiger partial charge in [0.2, 0.25) is 0 Å². The Balaban J connectivity index is 2.39. The number of anilines is 2. The number of halogens is 1. The first-order valence-electron chi connectivity index (χ1n) is 5.95. The number of nitrogens with two attached hydrogens (primary N) is 1. The van der Waals surface area contributed by atoms with Crippen LogP contribution in [0.3, 0.4) is 0 Å². The number of unbranched alkanes of at least 4 members (excludes halogenated alkanes) is 1. The van der Waals surface area contributed by atoms with Gasteiger partial charge in [0.25, 0.3) is 0 Å². The van der Waals surface area contributed by atoms with Gasteiger partial charge in [-0.1, -0.05) is 11.6 Å². The summed E-state index contributed by atoms with van der Waals surface area (Å²) in [5, 5.41) is 4.01. The molecule has 17 heavy (non-hydrogen) atoms. The molecule has 0 saturated heterocycles. The number of hydrogen-bond acceptors (Lipinski definition) is 3. The Bertz CT molecular complexity index is 364. The van der Waals surface area contributed by atoms with Crippen molar-refractivity contribution in [2.24, 2.45) is 0 Å². The third-order valence-corrected chi connectivity index (χ3v) is 3.02. The zero-order valence-corrected chi connectivity index (χ0v) is 11.6. The lowest BCUT2D eigenvalue weighted by atomic mass is 10.1. The van der Waals surface area contributed by atoms with Gasteiger partial charge in [-0.15, -0.1) is 0 Å². The highest BCUT2D eigenvalue weighted by Gasteiger charge is 2.02. The molecular formula is C13H22ClN3. The van der Waals surface area contributed by atoms with E-state index in [2.05, 4.69) is 24.3 Å². The predicted octanol–water partition coefficient (Wildman–Crippen LogP) is 2.98. The molecule has 0 unspecified atom stereocenters. The Morgan fingerprint density at radius 3 is 2.65 bits per heavy atom. The first kappa shape index (κ1) is 14.1. The second-order valence-corrected chi connectivity index (χ2v) is 5.03. The summed E-state index contributed by atoms with van der Waals surface area (Å²) >= 11 is 6.00. The molecule has 0 amide bonds. The molecule has 1 rings (SSSR count). The Morgan fingerprint density at radius 1 is 1.29 bits per heavy atom. The summed E-state index contributed by atoms with van der Waals surface area (Å²) < 4.78 is 0. The molecule has 3 N–H and O–H groups in total. The van der Waals surface area contributed by atoms with Crippen LogP contribution in [0.25, 0.3) is 0 Å². The molecule has 0 bridgehead atoms. The molecule has 96 valence electrons. The number of aryl methyl sites for hydroxylation is 1. The summed E-state index contributed by atoms with van der Waals surface area (Å²) in [7, 11) is 4.19. The zero-order valence-electron chi connectivity index (χ0n) is 10.9. The van der Waals surface area contributed by atoms with Crippen molar-refractivity contribution in [3.63, 3.8) is 0 Å². The van der Waals surface area contributed by atoms with Gasteiger partial charge in [-0.05, 0) is 58.1 Å². The van der Waals surface area contributed by atoms with Crippen LogP contribution in [0.2, 0.25) is 5.02 Å². The summed E-state index contributed by atoms with van der Waals surface area (Å²) in [5.41, 5.74) is 8.59. The van der Waals surface area contributed by atoms with E-state index in [1.165, 1.54) is 6.42 Å². The van der Waals surface area contributed by atoms with Crippen molar-refractivity contribution in [3.05, 3.63) is 22.7 Å². The van der Waals surface area contributed by atoms with Crippen LogP contribution in [0.15, 0.2) is 12.1 Å². The lowest BCUT2D eigenvalue weighted by Crippen LogP contribution is -2.14. The number of benzene rings is 1. The van der Waals surface area contributed by atoms with Gasteiger partial charge in [0, 0.05) is 12.2 Å². The number of nitrogen functional groups attached to an aromatic ring is 1. The topological polar surface area (TPSA) is 41.3 Å². The number of nitrogens with zero attached hydrogens (tertiary/aromatic N) is 1. The second-order valence-electron chi connectivity index (χ2n) is 4.63. The monoisotopic (exact) mass is 255 g/mol. The van der Waals surface area contributed by atoms with E-state index in [0.29, 0.717) is 10.7 Å². The van der Waals surface area contributed by atoms with Crippen LogP contribution in [-0.4, -0.2) is 32.1 Å². The van der Waals surface area contributed by atoms with Crippen molar-refractivity contribution in [1.29, 1.82) is 0 Å². The Labute approximate surface area is 109 Å². The van der Waals surface area contributed by atoms with Crippen LogP contribution in [0.4, 0.5) is 11.4 Å². The first-order chi connectivity index (χ1) is 8.00. The van der Waals surface area contributed by atoms with Crippen molar-refractivity contribution in [3.8, 4) is 0 Å². The van der Waals surface area contributed by atoms with Gasteiger partial charge in [0.15, 0.2) is 0 Å². The van der Waals surface area contributed by atoms with Gasteiger partial charge >= 0.3 is 0 Å². The molecule has 4 heteroatoms. The lowest BCUT2D eigenvalue weighted by Gasteiger charge is -2.12. The van der Waals surface area contributed by atoms with Crippen LogP contribution in [0.5, 0.6) is 0 Å². The molecule has 0 aliphatic heterocycles. The van der Waals surface area contributed by atoms with Crippen LogP contribution in [0.1, 0.15) is 18.4 Å². The summed E-state index contributed by atoms with van der Waals surface area (Å²) in [6, 6.07) is 3.81. The summed E-state index contributed by atoms with van der Waals surface area (Å²) in [4.78, 5) is 2.20. The van der Waals surface area contributed by atoms with Crippen LogP contribution < -0.4 is 11.1 Å². The largest absolute Gasteiger partial charge is 0.398 e.